The first-order valence-electron chi connectivity index (χ1n) is 9.54. The number of benzene rings is 3. The van der Waals surface area contributed by atoms with E-state index in [0.717, 1.165) is 16.5 Å². The fourth-order valence-electron chi connectivity index (χ4n) is 3.41. The molecule has 0 saturated carbocycles. The summed E-state index contributed by atoms with van der Waals surface area (Å²) >= 11 is -0.149. The van der Waals surface area contributed by atoms with Crippen LogP contribution in [0.4, 0.5) is 13.2 Å². The average molecular weight is 440 g/mol. The summed E-state index contributed by atoms with van der Waals surface area (Å²) in [5.41, 5.74) is -0.119. The predicted octanol–water partition coefficient (Wildman–Crippen LogP) is 7.20. The average Bonchev–Trinajstić information content (AvgIpc) is 2.72. The second-order valence-corrected chi connectivity index (χ2v) is 8.25. The van der Waals surface area contributed by atoms with Gasteiger partial charge in [0.05, 0.1) is 18.3 Å². The van der Waals surface area contributed by atoms with E-state index in [1.54, 1.807) is 38.3 Å². The van der Waals surface area contributed by atoms with E-state index < -0.39 is 5.51 Å². The SMILES string of the molecule is COc1ccc2nc(-c3c(C)cccc3SC(F)(F)F)nc(-c3ccc(C)cc3)c2c1. The number of rotatable bonds is 4. The lowest BCUT2D eigenvalue weighted by atomic mass is 10.0. The maximum absolute atomic E-state index is 13.2. The number of thioether (sulfide) groups is 1. The van der Waals surface area contributed by atoms with Crippen molar-refractivity contribution in [3.8, 4) is 28.4 Å². The Bertz CT molecular complexity index is 1250. The molecule has 3 nitrogen and oxygen atoms in total. The topological polar surface area (TPSA) is 35.0 Å². The van der Waals surface area contributed by atoms with Crippen LogP contribution in [0.2, 0.25) is 0 Å². The molecule has 0 aliphatic rings. The van der Waals surface area contributed by atoms with Gasteiger partial charge >= 0.3 is 5.51 Å². The molecular weight excluding hydrogens is 421 g/mol. The molecule has 3 aromatic carbocycles. The third-order valence-electron chi connectivity index (χ3n) is 4.91. The monoisotopic (exact) mass is 440 g/mol. The van der Waals surface area contributed by atoms with Crippen molar-refractivity contribution in [2.45, 2.75) is 24.3 Å². The summed E-state index contributed by atoms with van der Waals surface area (Å²) in [6.07, 6.45) is 0. The zero-order valence-corrected chi connectivity index (χ0v) is 17.9. The molecule has 4 aromatic rings. The molecule has 31 heavy (non-hydrogen) atoms. The van der Waals surface area contributed by atoms with Crippen molar-refractivity contribution in [1.82, 2.24) is 9.97 Å². The van der Waals surface area contributed by atoms with Gasteiger partial charge in [0.2, 0.25) is 0 Å². The van der Waals surface area contributed by atoms with E-state index in [-0.39, 0.29) is 22.5 Å². The van der Waals surface area contributed by atoms with Crippen molar-refractivity contribution in [2.75, 3.05) is 7.11 Å². The van der Waals surface area contributed by atoms with Gasteiger partial charge in [0.25, 0.3) is 0 Å². The van der Waals surface area contributed by atoms with Crippen LogP contribution in [0.5, 0.6) is 5.75 Å². The van der Waals surface area contributed by atoms with E-state index in [4.69, 9.17) is 9.72 Å². The van der Waals surface area contributed by atoms with E-state index in [0.29, 0.717) is 28.1 Å². The highest BCUT2D eigenvalue weighted by Crippen LogP contribution is 2.43. The summed E-state index contributed by atoms with van der Waals surface area (Å²) in [6.45, 7) is 3.76. The minimum absolute atomic E-state index is 0.0789. The molecule has 0 unspecified atom stereocenters. The van der Waals surface area contributed by atoms with E-state index in [1.165, 1.54) is 6.07 Å². The summed E-state index contributed by atoms with van der Waals surface area (Å²) in [6, 6.07) is 18.1. The van der Waals surface area contributed by atoms with E-state index in [1.807, 2.05) is 37.3 Å². The zero-order chi connectivity index (χ0) is 22.2. The molecule has 0 aliphatic carbocycles. The number of alkyl halides is 3. The first kappa shape index (κ1) is 21.2. The Hall–Kier alpha value is -3.06. The van der Waals surface area contributed by atoms with E-state index >= 15 is 0 Å². The summed E-state index contributed by atoms with van der Waals surface area (Å²) in [5.74, 6) is 0.916. The summed E-state index contributed by atoms with van der Waals surface area (Å²) in [5, 5.41) is 0.769. The molecule has 0 aliphatic heterocycles. The fourth-order valence-corrected chi connectivity index (χ4v) is 4.17. The lowest BCUT2D eigenvalue weighted by Gasteiger charge is -2.15. The lowest BCUT2D eigenvalue weighted by molar-refractivity contribution is -0.0328. The van der Waals surface area contributed by atoms with Crippen molar-refractivity contribution in [2.24, 2.45) is 0 Å². The maximum Gasteiger partial charge on any atom is 0.446 e. The Kier molecular flexibility index (Phi) is 5.62. The van der Waals surface area contributed by atoms with Crippen LogP contribution in [-0.4, -0.2) is 22.6 Å². The molecule has 0 spiro atoms. The van der Waals surface area contributed by atoms with Crippen LogP contribution in [0.15, 0.2) is 65.6 Å². The van der Waals surface area contributed by atoms with Crippen molar-refractivity contribution in [1.29, 1.82) is 0 Å². The van der Waals surface area contributed by atoms with Gasteiger partial charge in [-0.1, -0.05) is 42.0 Å². The molecular formula is C24H19F3N2OS. The highest BCUT2D eigenvalue weighted by molar-refractivity contribution is 8.00. The highest BCUT2D eigenvalue weighted by atomic mass is 32.2. The summed E-state index contributed by atoms with van der Waals surface area (Å²) in [4.78, 5) is 9.46. The fraction of sp³-hybridized carbons (Fsp3) is 0.167. The van der Waals surface area contributed by atoms with E-state index in [9.17, 15) is 13.2 Å². The molecule has 0 N–H and O–H groups in total. The number of fused-ring (bicyclic) bond motifs is 1. The van der Waals surface area contributed by atoms with Crippen molar-refractivity contribution < 1.29 is 17.9 Å². The molecule has 1 heterocycles. The van der Waals surface area contributed by atoms with Crippen LogP contribution >= 0.6 is 11.8 Å². The molecule has 158 valence electrons. The summed E-state index contributed by atoms with van der Waals surface area (Å²) < 4.78 is 44.9. The molecule has 0 radical (unpaired) electrons. The number of ether oxygens (including phenoxy) is 1. The number of hydrogen-bond acceptors (Lipinski definition) is 4. The van der Waals surface area contributed by atoms with Crippen LogP contribution in [0, 0.1) is 13.8 Å². The first-order valence-corrected chi connectivity index (χ1v) is 10.4. The number of aryl methyl sites for hydroxylation is 2. The number of methoxy groups -OCH3 is 1. The van der Waals surface area contributed by atoms with Crippen LogP contribution < -0.4 is 4.74 Å². The first-order chi connectivity index (χ1) is 14.7. The van der Waals surface area contributed by atoms with Gasteiger partial charge in [0.15, 0.2) is 5.82 Å². The highest BCUT2D eigenvalue weighted by Gasteiger charge is 2.31. The third-order valence-corrected chi connectivity index (χ3v) is 5.70. The summed E-state index contributed by atoms with van der Waals surface area (Å²) in [7, 11) is 1.58. The second-order valence-electron chi connectivity index (χ2n) is 7.14. The van der Waals surface area contributed by atoms with Gasteiger partial charge < -0.3 is 4.74 Å². The Morgan fingerprint density at radius 3 is 2.32 bits per heavy atom. The molecule has 4 rings (SSSR count). The molecule has 1 aromatic heterocycles. The minimum Gasteiger partial charge on any atom is -0.497 e. The van der Waals surface area contributed by atoms with Crippen LogP contribution in [0.3, 0.4) is 0 Å². The van der Waals surface area contributed by atoms with Gasteiger partial charge in [-0.15, -0.1) is 0 Å². The van der Waals surface area contributed by atoms with Gasteiger partial charge in [0, 0.05) is 21.4 Å². The van der Waals surface area contributed by atoms with Crippen LogP contribution in [-0.2, 0) is 0 Å². The van der Waals surface area contributed by atoms with Crippen molar-refractivity contribution in [3.63, 3.8) is 0 Å². The number of halogens is 3. The second kappa shape index (κ2) is 8.23. The molecule has 0 saturated heterocycles. The Balaban J connectivity index is 2.00. The van der Waals surface area contributed by atoms with E-state index in [2.05, 4.69) is 4.98 Å². The quantitative estimate of drug-likeness (QED) is 0.314. The smallest absolute Gasteiger partial charge is 0.446 e. The van der Waals surface area contributed by atoms with Gasteiger partial charge in [-0.05, 0) is 55.4 Å². The predicted molar refractivity (Wildman–Crippen MR) is 118 cm³/mol. The van der Waals surface area contributed by atoms with Crippen molar-refractivity contribution >= 4 is 22.7 Å². The van der Waals surface area contributed by atoms with Gasteiger partial charge in [0.1, 0.15) is 5.75 Å². The number of aromatic nitrogens is 2. The Morgan fingerprint density at radius 2 is 1.65 bits per heavy atom. The number of nitrogens with zero attached hydrogens (tertiary/aromatic N) is 2. The van der Waals surface area contributed by atoms with Gasteiger partial charge in [-0.25, -0.2) is 9.97 Å². The van der Waals surface area contributed by atoms with Gasteiger partial charge in [-0.3, -0.25) is 0 Å². The zero-order valence-electron chi connectivity index (χ0n) is 17.1. The largest absolute Gasteiger partial charge is 0.497 e. The maximum atomic E-state index is 13.2. The van der Waals surface area contributed by atoms with Crippen LogP contribution in [0.1, 0.15) is 11.1 Å². The minimum atomic E-state index is -4.41. The molecule has 7 heteroatoms. The normalized spacial score (nSPS) is 11.7. The van der Waals surface area contributed by atoms with Crippen LogP contribution in [0.25, 0.3) is 33.5 Å². The molecule has 0 atom stereocenters. The Labute approximate surface area is 182 Å². The standard InChI is InChI=1S/C24H19F3N2OS/c1-14-7-9-16(10-8-14)22-18-13-17(30-3)11-12-19(18)28-23(29-22)21-15(2)5-4-6-20(21)31-24(25,26)27/h4-13H,1-3H3. The third kappa shape index (κ3) is 4.51. The van der Waals surface area contributed by atoms with Crippen molar-refractivity contribution in [3.05, 3.63) is 71.8 Å². The number of hydrogen-bond donors (Lipinski definition) is 0. The lowest BCUT2D eigenvalue weighted by Crippen LogP contribution is -2.03. The van der Waals surface area contributed by atoms with Gasteiger partial charge in [-0.2, -0.15) is 13.2 Å². The molecule has 0 amide bonds. The molecule has 0 fully saturated rings. The Morgan fingerprint density at radius 1 is 0.903 bits per heavy atom. The molecule has 0 bridgehead atoms.